The summed E-state index contributed by atoms with van der Waals surface area (Å²) in [5.74, 6) is -0.594. The van der Waals surface area contributed by atoms with Gasteiger partial charge in [-0.1, -0.05) is 23.7 Å². The van der Waals surface area contributed by atoms with Gasteiger partial charge >= 0.3 is 5.97 Å². The maximum atomic E-state index is 13.1. The molecule has 0 aliphatic heterocycles. The Bertz CT molecular complexity index is 1510. The summed E-state index contributed by atoms with van der Waals surface area (Å²) < 4.78 is 7.05. The molecule has 0 spiro atoms. The molecule has 4 aromatic rings. The van der Waals surface area contributed by atoms with E-state index in [9.17, 15) is 9.59 Å². The summed E-state index contributed by atoms with van der Waals surface area (Å²) in [5.41, 5.74) is 4.72. The molecule has 0 aliphatic rings. The molecule has 1 atom stereocenters. The molecule has 190 valence electrons. The number of fused-ring (bicyclic) bond motifs is 1. The first-order chi connectivity index (χ1) is 17.6. The Kier molecular flexibility index (Phi) is 7.49. The number of benzene rings is 2. The zero-order valence-corrected chi connectivity index (χ0v) is 21.8. The molecule has 0 bridgehead atoms. The first-order valence-corrected chi connectivity index (χ1v) is 11.8. The number of hydrogen-bond donors (Lipinski definition) is 1. The van der Waals surface area contributed by atoms with E-state index in [4.69, 9.17) is 16.3 Å². The number of carbonyl (C=O) groups is 2. The number of ether oxygens (including phenoxy) is 1. The second kappa shape index (κ2) is 10.8. The van der Waals surface area contributed by atoms with E-state index in [-0.39, 0.29) is 0 Å². The molecular formula is C26H26ClN7O3. The molecule has 0 unspecified atom stereocenters. The third kappa shape index (κ3) is 5.75. The van der Waals surface area contributed by atoms with Crippen molar-refractivity contribution in [1.29, 1.82) is 0 Å². The molecule has 1 amide bonds. The van der Waals surface area contributed by atoms with Crippen LogP contribution in [0, 0.1) is 13.8 Å². The largest absolute Gasteiger partial charge is 0.447 e. The fourth-order valence-corrected chi connectivity index (χ4v) is 4.00. The molecule has 11 heteroatoms. The Balaban J connectivity index is 1.67. The van der Waals surface area contributed by atoms with Gasteiger partial charge in [-0.3, -0.25) is 9.59 Å². The van der Waals surface area contributed by atoms with Crippen LogP contribution in [-0.2, 0) is 14.3 Å². The van der Waals surface area contributed by atoms with Gasteiger partial charge in [-0.15, -0.1) is 0 Å². The minimum absolute atomic E-state index is 0.433. The summed E-state index contributed by atoms with van der Waals surface area (Å²) in [6.07, 6.45) is 1.98. The Morgan fingerprint density at radius 2 is 1.95 bits per heavy atom. The van der Waals surface area contributed by atoms with Gasteiger partial charge in [0.15, 0.2) is 5.82 Å². The summed E-state index contributed by atoms with van der Waals surface area (Å²) in [6, 6.07) is 12.0. The Morgan fingerprint density at radius 1 is 1.16 bits per heavy atom. The van der Waals surface area contributed by atoms with Crippen LogP contribution < -0.4 is 5.32 Å². The molecule has 1 N–H and O–H groups in total. The molecule has 4 rings (SSSR count). The molecule has 2 aromatic carbocycles. The van der Waals surface area contributed by atoms with E-state index in [2.05, 4.69) is 25.4 Å². The molecule has 2 heterocycles. The SMILES string of the molecule is CC(=O)O[C@@H](C(=O)Nc1ccc(-n2nc(C)c3ncnc(/N=C/N(C)C)c32)c(C)c1)c1cccc(Cl)c1. The molecule has 0 saturated carbocycles. The second-order valence-corrected chi connectivity index (χ2v) is 9.07. The van der Waals surface area contributed by atoms with E-state index in [1.165, 1.54) is 13.3 Å². The number of hydrogen-bond acceptors (Lipinski definition) is 7. The fourth-order valence-electron chi connectivity index (χ4n) is 3.80. The van der Waals surface area contributed by atoms with Crippen LogP contribution in [0.4, 0.5) is 11.5 Å². The summed E-state index contributed by atoms with van der Waals surface area (Å²) in [4.78, 5) is 39.8. The smallest absolute Gasteiger partial charge is 0.303 e. The van der Waals surface area contributed by atoms with Crippen LogP contribution >= 0.6 is 11.6 Å². The zero-order chi connectivity index (χ0) is 26.7. The van der Waals surface area contributed by atoms with Crippen molar-refractivity contribution in [1.82, 2.24) is 24.6 Å². The molecule has 10 nitrogen and oxygen atoms in total. The number of anilines is 1. The van der Waals surface area contributed by atoms with E-state index >= 15 is 0 Å². The summed E-state index contributed by atoms with van der Waals surface area (Å²) in [6.45, 7) is 5.03. The van der Waals surface area contributed by atoms with Crippen LogP contribution in [0.5, 0.6) is 0 Å². The average molecular weight is 520 g/mol. The number of nitrogens with zero attached hydrogens (tertiary/aromatic N) is 6. The lowest BCUT2D eigenvalue weighted by Gasteiger charge is -2.18. The minimum atomic E-state index is -1.15. The molecule has 37 heavy (non-hydrogen) atoms. The van der Waals surface area contributed by atoms with E-state index in [0.717, 1.165) is 16.9 Å². The van der Waals surface area contributed by atoms with Gasteiger partial charge in [0, 0.05) is 37.3 Å². The predicted octanol–water partition coefficient (Wildman–Crippen LogP) is 4.55. The molecule has 0 radical (unpaired) electrons. The third-order valence-corrected chi connectivity index (χ3v) is 5.62. The van der Waals surface area contributed by atoms with Crippen molar-refractivity contribution in [3.05, 3.63) is 70.6 Å². The van der Waals surface area contributed by atoms with Crippen molar-refractivity contribution in [2.75, 3.05) is 19.4 Å². The van der Waals surface area contributed by atoms with E-state index in [0.29, 0.717) is 33.1 Å². The van der Waals surface area contributed by atoms with Crippen LogP contribution in [0.1, 0.15) is 29.8 Å². The lowest BCUT2D eigenvalue weighted by Crippen LogP contribution is -2.25. The van der Waals surface area contributed by atoms with Gasteiger partial charge < -0.3 is 15.0 Å². The Labute approximate surface area is 219 Å². The van der Waals surface area contributed by atoms with Crippen molar-refractivity contribution in [3.8, 4) is 5.69 Å². The van der Waals surface area contributed by atoms with Gasteiger partial charge in [0.05, 0.1) is 17.7 Å². The van der Waals surface area contributed by atoms with Crippen molar-refractivity contribution >= 4 is 52.4 Å². The number of aromatic nitrogens is 4. The number of aliphatic imine (C=N–C) groups is 1. The van der Waals surface area contributed by atoms with Crippen molar-refractivity contribution in [2.45, 2.75) is 26.9 Å². The van der Waals surface area contributed by atoms with Crippen LogP contribution in [-0.4, -0.2) is 57.0 Å². The number of carbonyl (C=O) groups excluding carboxylic acids is 2. The predicted molar refractivity (Wildman–Crippen MR) is 143 cm³/mol. The lowest BCUT2D eigenvalue weighted by molar-refractivity contribution is -0.152. The van der Waals surface area contributed by atoms with Gasteiger partial charge in [-0.25, -0.2) is 19.6 Å². The topological polar surface area (TPSA) is 115 Å². The molecule has 0 saturated heterocycles. The number of rotatable bonds is 7. The van der Waals surface area contributed by atoms with Crippen molar-refractivity contribution in [2.24, 2.45) is 4.99 Å². The Morgan fingerprint density at radius 3 is 2.62 bits per heavy atom. The monoisotopic (exact) mass is 519 g/mol. The fraction of sp³-hybridized carbons (Fsp3) is 0.231. The highest BCUT2D eigenvalue weighted by Crippen LogP contribution is 2.30. The van der Waals surface area contributed by atoms with Crippen LogP contribution in [0.25, 0.3) is 16.7 Å². The Hall–Kier alpha value is -4.31. The highest BCUT2D eigenvalue weighted by molar-refractivity contribution is 6.30. The number of esters is 1. The van der Waals surface area contributed by atoms with Gasteiger partial charge in [0.2, 0.25) is 6.10 Å². The number of aryl methyl sites for hydroxylation is 2. The highest BCUT2D eigenvalue weighted by atomic mass is 35.5. The van der Waals surface area contributed by atoms with Crippen LogP contribution in [0.15, 0.2) is 53.8 Å². The van der Waals surface area contributed by atoms with Gasteiger partial charge in [-0.2, -0.15) is 5.10 Å². The summed E-state index contributed by atoms with van der Waals surface area (Å²) in [5, 5.41) is 7.94. The van der Waals surface area contributed by atoms with E-state index in [1.807, 2.05) is 45.0 Å². The van der Waals surface area contributed by atoms with E-state index in [1.54, 1.807) is 41.4 Å². The zero-order valence-electron chi connectivity index (χ0n) is 21.1. The van der Waals surface area contributed by atoms with E-state index < -0.39 is 18.0 Å². The minimum Gasteiger partial charge on any atom is -0.447 e. The van der Waals surface area contributed by atoms with Gasteiger partial charge in [-0.05, 0) is 49.7 Å². The summed E-state index contributed by atoms with van der Waals surface area (Å²) >= 11 is 6.08. The van der Waals surface area contributed by atoms with Crippen LogP contribution in [0.3, 0.4) is 0 Å². The average Bonchev–Trinajstić information content (AvgIpc) is 3.18. The van der Waals surface area contributed by atoms with Gasteiger partial charge in [0.1, 0.15) is 17.4 Å². The molecular weight excluding hydrogens is 494 g/mol. The van der Waals surface area contributed by atoms with Crippen molar-refractivity contribution < 1.29 is 14.3 Å². The third-order valence-electron chi connectivity index (χ3n) is 5.38. The first-order valence-electron chi connectivity index (χ1n) is 11.4. The first kappa shape index (κ1) is 25.8. The maximum Gasteiger partial charge on any atom is 0.303 e. The van der Waals surface area contributed by atoms with Crippen molar-refractivity contribution in [3.63, 3.8) is 0 Å². The maximum absolute atomic E-state index is 13.1. The van der Waals surface area contributed by atoms with Gasteiger partial charge in [0.25, 0.3) is 5.91 Å². The molecule has 2 aromatic heterocycles. The van der Waals surface area contributed by atoms with Crippen LogP contribution in [0.2, 0.25) is 5.02 Å². The molecule has 0 aliphatic carbocycles. The quantitative estimate of drug-likeness (QED) is 0.216. The number of nitrogens with one attached hydrogen (secondary N) is 1. The summed E-state index contributed by atoms with van der Waals surface area (Å²) in [7, 11) is 3.75. The lowest BCUT2D eigenvalue weighted by atomic mass is 10.1. The number of halogens is 1. The molecule has 0 fully saturated rings. The number of amides is 1. The second-order valence-electron chi connectivity index (χ2n) is 8.63. The highest BCUT2D eigenvalue weighted by Gasteiger charge is 2.25. The normalized spacial score (nSPS) is 12.1. The standard InChI is InChI=1S/C26H26ClN7O3/c1-15-11-20(31-26(36)24(37-17(3)35)18-7-6-8-19(27)12-18)9-10-21(15)34-23-22(16(2)32-34)28-13-29-25(23)30-14-33(4)5/h6-14,24H,1-5H3,(H,31,36)/b30-14+/t24-/m1/s1.